The lowest BCUT2D eigenvalue weighted by molar-refractivity contribution is 0.0659. The number of ether oxygens (including phenoxy) is 1. The van der Waals surface area contributed by atoms with E-state index in [1.54, 1.807) is 7.11 Å². The second-order valence-corrected chi connectivity index (χ2v) is 6.07. The van der Waals surface area contributed by atoms with Gasteiger partial charge in [0, 0.05) is 32.3 Å². The summed E-state index contributed by atoms with van der Waals surface area (Å²) in [5.74, 6) is 0. The van der Waals surface area contributed by atoms with E-state index in [1.165, 1.54) is 12.8 Å². The van der Waals surface area contributed by atoms with Crippen LogP contribution in [0.15, 0.2) is 0 Å². The highest BCUT2D eigenvalue weighted by atomic mass is 16.5. The van der Waals surface area contributed by atoms with Gasteiger partial charge in [-0.15, -0.1) is 0 Å². The second kappa shape index (κ2) is 8.20. The topological polar surface area (TPSA) is 44.7 Å². The summed E-state index contributed by atoms with van der Waals surface area (Å²) in [5, 5.41) is 13.3. The normalized spacial score (nSPS) is 19.1. The lowest BCUT2D eigenvalue weighted by Gasteiger charge is -2.39. The summed E-state index contributed by atoms with van der Waals surface area (Å²) in [6.45, 7) is 9.36. The van der Waals surface area contributed by atoms with E-state index >= 15 is 0 Å². The largest absolute Gasteiger partial charge is 0.394 e. The van der Waals surface area contributed by atoms with E-state index in [9.17, 15) is 5.11 Å². The Hall–Kier alpha value is -0.160. The first kappa shape index (κ1) is 16.9. The van der Waals surface area contributed by atoms with Crippen LogP contribution in [0.3, 0.4) is 0 Å². The van der Waals surface area contributed by atoms with Gasteiger partial charge in [0.05, 0.1) is 18.8 Å². The minimum atomic E-state index is -0.197. The fourth-order valence-corrected chi connectivity index (χ4v) is 2.71. The van der Waals surface area contributed by atoms with E-state index in [1.807, 2.05) is 0 Å². The van der Waals surface area contributed by atoms with Gasteiger partial charge in [0.1, 0.15) is 0 Å². The molecule has 1 aliphatic carbocycles. The highest BCUT2D eigenvalue weighted by Gasteiger charge is 2.34. The molecule has 0 saturated heterocycles. The van der Waals surface area contributed by atoms with Gasteiger partial charge in [0.25, 0.3) is 0 Å². The molecule has 19 heavy (non-hydrogen) atoms. The molecule has 4 nitrogen and oxygen atoms in total. The number of methoxy groups -OCH3 is 1. The van der Waals surface area contributed by atoms with Crippen LogP contribution in [0.2, 0.25) is 0 Å². The zero-order valence-electron chi connectivity index (χ0n) is 13.1. The molecule has 0 heterocycles. The Labute approximate surface area is 118 Å². The number of aliphatic hydroxyl groups excluding tert-OH is 1. The maximum absolute atomic E-state index is 9.74. The zero-order chi connectivity index (χ0) is 14.3. The molecule has 114 valence electrons. The molecule has 4 heteroatoms. The number of hydrogen-bond acceptors (Lipinski definition) is 4. The molecule has 0 spiro atoms. The minimum Gasteiger partial charge on any atom is -0.394 e. The van der Waals surface area contributed by atoms with Gasteiger partial charge in [-0.1, -0.05) is 13.8 Å². The zero-order valence-corrected chi connectivity index (χ0v) is 13.1. The van der Waals surface area contributed by atoms with Crippen LogP contribution in [0.4, 0.5) is 0 Å². The predicted octanol–water partition coefficient (Wildman–Crippen LogP) is 1.63. The first-order valence-electron chi connectivity index (χ1n) is 7.70. The summed E-state index contributed by atoms with van der Waals surface area (Å²) >= 11 is 0. The van der Waals surface area contributed by atoms with Crippen LogP contribution in [0.5, 0.6) is 0 Å². The average Bonchev–Trinajstić information content (AvgIpc) is 3.20. The quantitative estimate of drug-likeness (QED) is 0.600. The molecule has 0 aromatic carbocycles. The SMILES string of the molecule is CCC(CC)N(CCOC)CC(C)(CO)NC1CC1. The lowest BCUT2D eigenvalue weighted by atomic mass is 10.00. The molecule has 0 aliphatic heterocycles. The van der Waals surface area contributed by atoms with Gasteiger partial charge in [-0.3, -0.25) is 4.90 Å². The van der Waals surface area contributed by atoms with Crippen LogP contribution in [0.25, 0.3) is 0 Å². The smallest absolute Gasteiger partial charge is 0.0623 e. The van der Waals surface area contributed by atoms with E-state index in [2.05, 4.69) is 31.0 Å². The summed E-state index contributed by atoms with van der Waals surface area (Å²) in [6, 6.07) is 1.19. The molecule has 1 aliphatic rings. The van der Waals surface area contributed by atoms with Crippen LogP contribution in [-0.4, -0.2) is 61.0 Å². The van der Waals surface area contributed by atoms with Gasteiger partial charge in [-0.05, 0) is 32.6 Å². The molecule has 1 saturated carbocycles. The van der Waals surface area contributed by atoms with Crippen LogP contribution in [-0.2, 0) is 4.74 Å². The van der Waals surface area contributed by atoms with Gasteiger partial charge in [-0.2, -0.15) is 0 Å². The number of nitrogens with one attached hydrogen (secondary N) is 1. The fraction of sp³-hybridized carbons (Fsp3) is 1.00. The molecule has 1 fully saturated rings. The van der Waals surface area contributed by atoms with Crippen molar-refractivity contribution in [1.82, 2.24) is 10.2 Å². The first-order chi connectivity index (χ1) is 9.08. The van der Waals surface area contributed by atoms with Crippen molar-refractivity contribution in [1.29, 1.82) is 0 Å². The molecular formula is C15H32N2O2. The van der Waals surface area contributed by atoms with Crippen LogP contribution in [0.1, 0.15) is 46.5 Å². The second-order valence-electron chi connectivity index (χ2n) is 6.07. The molecule has 2 N–H and O–H groups in total. The third-order valence-electron chi connectivity index (χ3n) is 4.07. The summed E-state index contributed by atoms with van der Waals surface area (Å²) in [5.41, 5.74) is -0.197. The summed E-state index contributed by atoms with van der Waals surface area (Å²) in [7, 11) is 1.75. The highest BCUT2D eigenvalue weighted by molar-refractivity contribution is 4.95. The molecule has 0 bridgehead atoms. The van der Waals surface area contributed by atoms with Gasteiger partial charge in [-0.25, -0.2) is 0 Å². The van der Waals surface area contributed by atoms with Crippen LogP contribution < -0.4 is 5.32 Å². The number of nitrogens with zero attached hydrogens (tertiary/aromatic N) is 1. The predicted molar refractivity (Wildman–Crippen MR) is 79.5 cm³/mol. The van der Waals surface area contributed by atoms with Gasteiger partial charge in [0.2, 0.25) is 0 Å². The van der Waals surface area contributed by atoms with E-state index in [-0.39, 0.29) is 12.1 Å². The van der Waals surface area contributed by atoms with Crippen LogP contribution >= 0.6 is 0 Å². The summed E-state index contributed by atoms with van der Waals surface area (Å²) in [6.07, 6.45) is 4.79. The maximum Gasteiger partial charge on any atom is 0.0623 e. The standard InChI is InChI=1S/C15H32N2O2/c1-5-14(6-2)17(9-10-19-4)11-15(3,12-18)16-13-7-8-13/h13-14,16,18H,5-12H2,1-4H3. The van der Waals surface area contributed by atoms with Gasteiger partial charge < -0.3 is 15.2 Å². The molecule has 0 amide bonds. The maximum atomic E-state index is 9.74. The van der Waals surface area contributed by atoms with E-state index in [0.717, 1.165) is 32.5 Å². The number of hydrogen-bond donors (Lipinski definition) is 2. The van der Waals surface area contributed by atoms with Crippen molar-refractivity contribution in [3.63, 3.8) is 0 Å². The van der Waals surface area contributed by atoms with Crippen molar-refractivity contribution in [3.8, 4) is 0 Å². The van der Waals surface area contributed by atoms with Crippen molar-refractivity contribution in [3.05, 3.63) is 0 Å². The average molecular weight is 272 g/mol. The minimum absolute atomic E-state index is 0.188. The molecule has 1 unspecified atom stereocenters. The first-order valence-corrected chi connectivity index (χ1v) is 7.70. The van der Waals surface area contributed by atoms with Crippen LogP contribution in [0, 0.1) is 0 Å². The Morgan fingerprint density at radius 2 is 2.00 bits per heavy atom. The Balaban J connectivity index is 2.60. The fourth-order valence-electron chi connectivity index (χ4n) is 2.71. The van der Waals surface area contributed by atoms with E-state index in [0.29, 0.717) is 12.1 Å². The van der Waals surface area contributed by atoms with Gasteiger partial charge >= 0.3 is 0 Å². The van der Waals surface area contributed by atoms with Gasteiger partial charge in [0.15, 0.2) is 0 Å². The van der Waals surface area contributed by atoms with E-state index < -0.39 is 0 Å². The molecular weight excluding hydrogens is 240 g/mol. The third kappa shape index (κ3) is 5.78. The Morgan fingerprint density at radius 3 is 2.42 bits per heavy atom. The Bertz CT molecular complexity index is 242. The van der Waals surface area contributed by atoms with Crippen molar-refractivity contribution >= 4 is 0 Å². The molecule has 0 radical (unpaired) electrons. The molecule has 0 aromatic rings. The third-order valence-corrected chi connectivity index (χ3v) is 4.07. The number of rotatable bonds is 11. The molecule has 1 atom stereocenters. The summed E-state index contributed by atoms with van der Waals surface area (Å²) < 4.78 is 5.23. The Kier molecular flexibility index (Phi) is 7.29. The molecule has 1 rings (SSSR count). The monoisotopic (exact) mass is 272 g/mol. The van der Waals surface area contributed by atoms with Crippen molar-refractivity contribution < 1.29 is 9.84 Å². The summed E-state index contributed by atoms with van der Waals surface area (Å²) in [4.78, 5) is 2.47. The van der Waals surface area contributed by atoms with Crippen molar-refractivity contribution in [2.45, 2.75) is 64.1 Å². The van der Waals surface area contributed by atoms with Crippen molar-refractivity contribution in [2.75, 3.05) is 33.4 Å². The lowest BCUT2D eigenvalue weighted by Crippen LogP contribution is -2.57. The Morgan fingerprint density at radius 1 is 1.37 bits per heavy atom. The molecule has 0 aromatic heterocycles. The number of aliphatic hydroxyl groups is 1. The highest BCUT2D eigenvalue weighted by Crippen LogP contribution is 2.23. The van der Waals surface area contributed by atoms with Crippen molar-refractivity contribution in [2.24, 2.45) is 0 Å². The van der Waals surface area contributed by atoms with E-state index in [4.69, 9.17) is 4.74 Å².